The van der Waals surface area contributed by atoms with Gasteiger partial charge in [0.05, 0.1) is 25.4 Å². The molecule has 0 aliphatic heterocycles. The number of carbonyl (C=O) groups excluding carboxylic acids is 1. The van der Waals surface area contributed by atoms with Gasteiger partial charge in [0, 0.05) is 19.7 Å². The highest BCUT2D eigenvalue weighted by Crippen LogP contribution is 2.26. The van der Waals surface area contributed by atoms with Gasteiger partial charge in [-0.05, 0) is 60.4 Å². The van der Waals surface area contributed by atoms with E-state index in [4.69, 9.17) is 4.74 Å². The molecule has 1 amide bonds. The predicted octanol–water partition coefficient (Wildman–Crippen LogP) is 4.84. The third-order valence-corrected chi connectivity index (χ3v) is 7.74. The summed E-state index contributed by atoms with van der Waals surface area (Å²) in [7, 11) is 0.450. The van der Waals surface area contributed by atoms with Gasteiger partial charge in [-0.2, -0.15) is 12.7 Å². The Bertz CT molecular complexity index is 1310. The standard InChI is InChI=1S/C27H32FN3O4S/c1-6-24(22-15-16-26(35-5)19(2)17-22)29-27(32)21-13-11-20(12-14-21)18-31(36(33,34)30(3)4)25-10-8-7-9-23(25)28/h7-17,24H,6,18H2,1-5H3,(H,29,32)/t24-/m1/s1. The number of amides is 1. The lowest BCUT2D eigenvalue weighted by Crippen LogP contribution is -2.40. The number of anilines is 1. The van der Waals surface area contributed by atoms with Gasteiger partial charge in [-0.1, -0.05) is 43.3 Å². The zero-order valence-corrected chi connectivity index (χ0v) is 22.0. The summed E-state index contributed by atoms with van der Waals surface area (Å²) in [6, 6.07) is 18.0. The summed E-state index contributed by atoms with van der Waals surface area (Å²) in [6.45, 7) is 3.86. The molecule has 1 N–H and O–H groups in total. The molecule has 0 aliphatic rings. The molecule has 1 atom stereocenters. The largest absolute Gasteiger partial charge is 0.496 e. The van der Waals surface area contributed by atoms with Crippen LogP contribution in [0, 0.1) is 12.7 Å². The predicted molar refractivity (Wildman–Crippen MR) is 140 cm³/mol. The molecule has 0 spiro atoms. The Hall–Kier alpha value is -3.43. The molecule has 192 valence electrons. The van der Waals surface area contributed by atoms with E-state index in [9.17, 15) is 17.6 Å². The van der Waals surface area contributed by atoms with E-state index < -0.39 is 16.0 Å². The van der Waals surface area contributed by atoms with Gasteiger partial charge in [-0.3, -0.25) is 9.10 Å². The Morgan fingerprint density at radius 1 is 1.06 bits per heavy atom. The molecule has 0 unspecified atom stereocenters. The van der Waals surface area contributed by atoms with Gasteiger partial charge in [-0.15, -0.1) is 0 Å². The quantitative estimate of drug-likeness (QED) is 0.421. The van der Waals surface area contributed by atoms with Gasteiger partial charge < -0.3 is 10.1 Å². The number of aryl methyl sites for hydroxylation is 1. The van der Waals surface area contributed by atoms with Crippen molar-refractivity contribution in [2.45, 2.75) is 32.9 Å². The van der Waals surface area contributed by atoms with Crippen molar-refractivity contribution in [3.8, 4) is 5.75 Å². The molecule has 9 heteroatoms. The van der Waals surface area contributed by atoms with Crippen LogP contribution in [0.3, 0.4) is 0 Å². The number of nitrogens with one attached hydrogen (secondary N) is 1. The SMILES string of the molecule is CC[C@@H](NC(=O)c1ccc(CN(c2ccccc2F)S(=O)(=O)N(C)C)cc1)c1ccc(OC)c(C)c1. The van der Waals surface area contributed by atoms with Crippen molar-refractivity contribution < 1.29 is 22.3 Å². The molecule has 36 heavy (non-hydrogen) atoms. The van der Waals surface area contributed by atoms with Crippen LogP contribution in [0.4, 0.5) is 10.1 Å². The third kappa shape index (κ3) is 6.03. The zero-order chi connectivity index (χ0) is 26.5. The summed E-state index contributed by atoms with van der Waals surface area (Å²) in [5.74, 6) is -0.0942. The summed E-state index contributed by atoms with van der Waals surface area (Å²) in [6.07, 6.45) is 0.704. The smallest absolute Gasteiger partial charge is 0.303 e. The lowest BCUT2D eigenvalue weighted by atomic mass is 10.0. The molecule has 0 saturated carbocycles. The number of nitrogens with zero attached hydrogens (tertiary/aromatic N) is 2. The van der Waals surface area contributed by atoms with Crippen molar-refractivity contribution in [3.63, 3.8) is 0 Å². The molecule has 0 aliphatic carbocycles. The topological polar surface area (TPSA) is 79.0 Å². The van der Waals surface area contributed by atoms with Gasteiger partial charge in [-0.25, -0.2) is 4.39 Å². The lowest BCUT2D eigenvalue weighted by Gasteiger charge is -2.27. The average molecular weight is 514 g/mol. The summed E-state index contributed by atoms with van der Waals surface area (Å²) < 4.78 is 47.7. The normalized spacial score (nSPS) is 12.3. The minimum Gasteiger partial charge on any atom is -0.496 e. The first-order valence-corrected chi connectivity index (χ1v) is 13.0. The summed E-state index contributed by atoms with van der Waals surface area (Å²) in [5.41, 5.74) is 2.97. The summed E-state index contributed by atoms with van der Waals surface area (Å²) in [5, 5.41) is 3.05. The maximum absolute atomic E-state index is 14.5. The highest BCUT2D eigenvalue weighted by atomic mass is 32.2. The van der Waals surface area contributed by atoms with Crippen molar-refractivity contribution >= 4 is 21.8 Å². The van der Waals surface area contributed by atoms with Gasteiger partial charge in [0.15, 0.2) is 0 Å². The zero-order valence-electron chi connectivity index (χ0n) is 21.2. The number of methoxy groups -OCH3 is 1. The van der Waals surface area contributed by atoms with Crippen LogP contribution in [0.15, 0.2) is 66.7 Å². The van der Waals surface area contributed by atoms with Gasteiger partial charge in [0.1, 0.15) is 11.6 Å². The molecule has 7 nitrogen and oxygen atoms in total. The van der Waals surface area contributed by atoms with E-state index in [1.807, 2.05) is 32.0 Å². The van der Waals surface area contributed by atoms with Crippen molar-refractivity contribution in [3.05, 3.63) is 94.8 Å². The number of hydrogen-bond acceptors (Lipinski definition) is 4. The van der Waals surface area contributed by atoms with E-state index in [2.05, 4.69) is 5.32 Å². The van der Waals surface area contributed by atoms with E-state index in [0.717, 1.165) is 25.5 Å². The fraction of sp³-hybridized carbons (Fsp3) is 0.296. The Kier molecular flexibility index (Phi) is 8.70. The maximum Gasteiger partial charge on any atom is 0.303 e. The van der Waals surface area contributed by atoms with Gasteiger partial charge in [0.2, 0.25) is 0 Å². The average Bonchev–Trinajstić information content (AvgIpc) is 2.86. The lowest BCUT2D eigenvalue weighted by molar-refractivity contribution is 0.0935. The summed E-state index contributed by atoms with van der Waals surface area (Å²) in [4.78, 5) is 12.9. The molecule has 0 saturated heterocycles. The van der Waals surface area contributed by atoms with Crippen molar-refractivity contribution in [2.24, 2.45) is 0 Å². The van der Waals surface area contributed by atoms with E-state index in [1.54, 1.807) is 37.4 Å². The van der Waals surface area contributed by atoms with Crippen LogP contribution in [0.2, 0.25) is 0 Å². The molecule has 3 rings (SSSR count). The number of ether oxygens (including phenoxy) is 1. The molecule has 0 radical (unpaired) electrons. The van der Waals surface area contributed by atoms with Gasteiger partial charge >= 0.3 is 10.2 Å². The summed E-state index contributed by atoms with van der Waals surface area (Å²) >= 11 is 0. The highest BCUT2D eigenvalue weighted by Gasteiger charge is 2.27. The first-order valence-electron chi connectivity index (χ1n) is 11.6. The van der Waals surface area contributed by atoms with Crippen LogP contribution < -0.4 is 14.4 Å². The highest BCUT2D eigenvalue weighted by molar-refractivity contribution is 7.90. The second-order valence-corrected chi connectivity index (χ2v) is 10.7. The molecular weight excluding hydrogens is 481 g/mol. The fourth-order valence-corrected chi connectivity index (χ4v) is 4.95. The first kappa shape index (κ1) is 27.2. The van der Waals surface area contributed by atoms with Crippen LogP contribution in [-0.4, -0.2) is 39.8 Å². The monoisotopic (exact) mass is 513 g/mol. The Balaban J connectivity index is 1.80. The Morgan fingerprint density at radius 3 is 2.28 bits per heavy atom. The van der Waals surface area contributed by atoms with Crippen molar-refractivity contribution in [2.75, 3.05) is 25.5 Å². The van der Waals surface area contributed by atoms with Crippen molar-refractivity contribution in [1.82, 2.24) is 9.62 Å². The number of para-hydroxylation sites is 1. The third-order valence-electron chi connectivity index (χ3n) is 5.94. The fourth-order valence-electron chi connectivity index (χ4n) is 3.85. The van der Waals surface area contributed by atoms with Gasteiger partial charge in [0.25, 0.3) is 5.91 Å². The molecular formula is C27H32FN3O4S. The number of benzene rings is 3. The van der Waals surface area contributed by atoms with Crippen LogP contribution in [-0.2, 0) is 16.8 Å². The number of rotatable bonds is 10. The van der Waals surface area contributed by atoms with Crippen LogP contribution >= 0.6 is 0 Å². The van der Waals surface area contributed by atoms with E-state index in [1.165, 1.54) is 32.3 Å². The molecule has 3 aromatic carbocycles. The van der Waals surface area contributed by atoms with E-state index in [0.29, 0.717) is 17.5 Å². The minimum atomic E-state index is -3.96. The first-order chi connectivity index (χ1) is 17.1. The molecule has 0 aromatic heterocycles. The number of hydrogen-bond donors (Lipinski definition) is 1. The van der Waals surface area contributed by atoms with E-state index >= 15 is 0 Å². The van der Waals surface area contributed by atoms with Crippen molar-refractivity contribution in [1.29, 1.82) is 0 Å². The van der Waals surface area contributed by atoms with Crippen LogP contribution in [0.25, 0.3) is 0 Å². The minimum absolute atomic E-state index is 0.0476. The number of halogens is 1. The second kappa shape index (κ2) is 11.5. The molecule has 0 fully saturated rings. The molecule has 0 heterocycles. The molecule has 3 aromatic rings. The maximum atomic E-state index is 14.5. The second-order valence-electron chi connectivity index (χ2n) is 8.61. The Labute approximate surface area is 212 Å². The number of carbonyl (C=O) groups is 1. The van der Waals surface area contributed by atoms with E-state index in [-0.39, 0.29) is 24.2 Å². The van der Waals surface area contributed by atoms with Crippen LogP contribution in [0.5, 0.6) is 5.75 Å². The Morgan fingerprint density at radius 2 is 1.72 bits per heavy atom. The molecule has 0 bridgehead atoms. The van der Waals surface area contributed by atoms with Crippen LogP contribution in [0.1, 0.15) is 46.4 Å².